The topological polar surface area (TPSA) is 54.4 Å². The zero-order valence-corrected chi connectivity index (χ0v) is 10.6. The smallest absolute Gasteiger partial charge is 0.137 e. The summed E-state index contributed by atoms with van der Waals surface area (Å²) in [6, 6.07) is 4.37. The Labute approximate surface area is 103 Å². The van der Waals surface area contributed by atoms with Gasteiger partial charge in [-0.25, -0.2) is 0 Å². The molecule has 0 bridgehead atoms. The lowest BCUT2D eigenvalue weighted by Gasteiger charge is -2.08. The maximum atomic E-state index is 8.63. The highest BCUT2D eigenvalue weighted by Crippen LogP contribution is 2.09. The molecule has 2 N–H and O–H groups in total. The van der Waals surface area contributed by atoms with Crippen LogP contribution in [-0.4, -0.2) is 29.3 Å². The lowest BCUT2D eigenvalue weighted by atomic mass is 10.3. The summed E-state index contributed by atoms with van der Waals surface area (Å²) >= 11 is 0. The largest absolute Gasteiger partial charge is 0.492 e. The standard InChI is InChI=1S/C13H22N2O2/c1-11(2)14-9-12-5-6-13(10-15-12)17-8-4-3-7-16/h5-6,10-11,14,16H,3-4,7-9H2,1-2H3. The Balaban J connectivity index is 2.29. The monoisotopic (exact) mass is 238 g/mol. The molecule has 0 spiro atoms. The van der Waals surface area contributed by atoms with Crippen molar-refractivity contribution in [3.8, 4) is 5.75 Å². The summed E-state index contributed by atoms with van der Waals surface area (Å²) in [5.41, 5.74) is 1.02. The van der Waals surface area contributed by atoms with Gasteiger partial charge in [-0.15, -0.1) is 0 Å². The second kappa shape index (κ2) is 8.03. The van der Waals surface area contributed by atoms with Gasteiger partial charge in [0.1, 0.15) is 5.75 Å². The van der Waals surface area contributed by atoms with Crippen LogP contribution in [0.5, 0.6) is 5.75 Å². The molecule has 0 aromatic carbocycles. The van der Waals surface area contributed by atoms with Crippen molar-refractivity contribution >= 4 is 0 Å². The van der Waals surface area contributed by atoms with E-state index >= 15 is 0 Å². The van der Waals surface area contributed by atoms with E-state index in [0.717, 1.165) is 30.8 Å². The number of aliphatic hydroxyl groups is 1. The molecule has 4 nitrogen and oxygen atoms in total. The molecule has 0 fully saturated rings. The van der Waals surface area contributed by atoms with E-state index in [0.29, 0.717) is 12.6 Å². The van der Waals surface area contributed by atoms with Gasteiger partial charge in [0.15, 0.2) is 0 Å². The van der Waals surface area contributed by atoms with Gasteiger partial charge < -0.3 is 15.2 Å². The van der Waals surface area contributed by atoms with Crippen LogP contribution in [0, 0.1) is 0 Å². The molecule has 0 radical (unpaired) electrons. The molecule has 0 amide bonds. The van der Waals surface area contributed by atoms with E-state index in [-0.39, 0.29) is 6.61 Å². The average Bonchev–Trinajstić information content (AvgIpc) is 2.33. The summed E-state index contributed by atoms with van der Waals surface area (Å²) in [6.45, 7) is 5.85. The fraction of sp³-hybridized carbons (Fsp3) is 0.615. The SMILES string of the molecule is CC(C)NCc1ccc(OCCCCO)cn1. The van der Waals surface area contributed by atoms with Gasteiger partial charge in [0.25, 0.3) is 0 Å². The highest BCUT2D eigenvalue weighted by atomic mass is 16.5. The van der Waals surface area contributed by atoms with Crippen molar-refractivity contribution in [3.63, 3.8) is 0 Å². The van der Waals surface area contributed by atoms with Crippen LogP contribution in [0.3, 0.4) is 0 Å². The Morgan fingerprint density at radius 2 is 2.18 bits per heavy atom. The van der Waals surface area contributed by atoms with Gasteiger partial charge in [-0.3, -0.25) is 4.98 Å². The molecular weight excluding hydrogens is 216 g/mol. The predicted molar refractivity (Wildman–Crippen MR) is 68.0 cm³/mol. The summed E-state index contributed by atoms with van der Waals surface area (Å²) in [5, 5.41) is 11.9. The van der Waals surface area contributed by atoms with Crippen LogP contribution >= 0.6 is 0 Å². The van der Waals surface area contributed by atoms with Crippen LogP contribution in [0.4, 0.5) is 0 Å². The van der Waals surface area contributed by atoms with E-state index in [1.165, 1.54) is 0 Å². The molecule has 0 aliphatic carbocycles. The van der Waals surface area contributed by atoms with Crippen molar-refractivity contribution in [1.29, 1.82) is 0 Å². The maximum Gasteiger partial charge on any atom is 0.137 e. The molecule has 0 saturated heterocycles. The van der Waals surface area contributed by atoms with Gasteiger partial charge in [-0.2, -0.15) is 0 Å². The van der Waals surface area contributed by atoms with Gasteiger partial charge in [-0.1, -0.05) is 13.8 Å². The quantitative estimate of drug-likeness (QED) is 0.677. The number of aromatic nitrogens is 1. The highest BCUT2D eigenvalue weighted by Gasteiger charge is 1.98. The third-order valence-electron chi connectivity index (χ3n) is 2.31. The van der Waals surface area contributed by atoms with Crippen molar-refractivity contribution < 1.29 is 9.84 Å². The molecule has 0 saturated carbocycles. The van der Waals surface area contributed by atoms with Gasteiger partial charge >= 0.3 is 0 Å². The second-order valence-corrected chi connectivity index (χ2v) is 4.30. The Morgan fingerprint density at radius 1 is 1.35 bits per heavy atom. The minimum Gasteiger partial charge on any atom is -0.492 e. The van der Waals surface area contributed by atoms with Gasteiger partial charge in [0.05, 0.1) is 18.5 Å². The number of hydrogen-bond donors (Lipinski definition) is 2. The molecule has 1 aromatic rings. The Morgan fingerprint density at radius 3 is 2.76 bits per heavy atom. The predicted octanol–water partition coefficient (Wildman–Crippen LogP) is 1.73. The van der Waals surface area contributed by atoms with Crippen LogP contribution in [0.1, 0.15) is 32.4 Å². The molecule has 1 rings (SSSR count). The van der Waals surface area contributed by atoms with Crippen molar-refractivity contribution in [2.24, 2.45) is 0 Å². The second-order valence-electron chi connectivity index (χ2n) is 4.30. The van der Waals surface area contributed by atoms with Crippen LogP contribution in [0.2, 0.25) is 0 Å². The molecule has 1 heterocycles. The molecule has 4 heteroatoms. The number of rotatable bonds is 8. The van der Waals surface area contributed by atoms with Crippen LogP contribution in [-0.2, 0) is 6.54 Å². The number of nitrogens with one attached hydrogen (secondary N) is 1. The number of ether oxygens (including phenoxy) is 1. The molecule has 0 aliphatic rings. The summed E-state index contributed by atoms with van der Waals surface area (Å²) in [5.74, 6) is 0.788. The average molecular weight is 238 g/mol. The Kier molecular flexibility index (Phi) is 6.58. The normalized spacial score (nSPS) is 10.8. The zero-order chi connectivity index (χ0) is 12.5. The third-order valence-corrected chi connectivity index (χ3v) is 2.31. The van der Waals surface area contributed by atoms with E-state index < -0.39 is 0 Å². The third kappa shape index (κ3) is 6.24. The molecule has 17 heavy (non-hydrogen) atoms. The van der Waals surface area contributed by atoms with Crippen LogP contribution in [0.25, 0.3) is 0 Å². The fourth-order valence-corrected chi connectivity index (χ4v) is 1.31. The molecule has 0 atom stereocenters. The van der Waals surface area contributed by atoms with E-state index in [2.05, 4.69) is 24.1 Å². The molecule has 0 unspecified atom stereocenters. The number of aliphatic hydroxyl groups excluding tert-OH is 1. The summed E-state index contributed by atoms with van der Waals surface area (Å²) in [7, 11) is 0. The van der Waals surface area contributed by atoms with Crippen molar-refractivity contribution in [2.75, 3.05) is 13.2 Å². The lowest BCUT2D eigenvalue weighted by Crippen LogP contribution is -2.22. The van der Waals surface area contributed by atoms with E-state index in [9.17, 15) is 0 Å². The Bertz CT molecular complexity index is 299. The minimum absolute atomic E-state index is 0.224. The number of hydrogen-bond acceptors (Lipinski definition) is 4. The van der Waals surface area contributed by atoms with Crippen molar-refractivity contribution in [1.82, 2.24) is 10.3 Å². The summed E-state index contributed by atoms with van der Waals surface area (Å²) in [4.78, 5) is 4.31. The van der Waals surface area contributed by atoms with Crippen LogP contribution in [0.15, 0.2) is 18.3 Å². The van der Waals surface area contributed by atoms with E-state index in [1.807, 2.05) is 12.1 Å². The number of unbranched alkanes of at least 4 members (excludes halogenated alkanes) is 1. The summed E-state index contributed by atoms with van der Waals surface area (Å²) < 4.78 is 5.49. The van der Waals surface area contributed by atoms with Crippen molar-refractivity contribution in [3.05, 3.63) is 24.0 Å². The van der Waals surface area contributed by atoms with Crippen molar-refractivity contribution in [2.45, 2.75) is 39.3 Å². The minimum atomic E-state index is 0.224. The lowest BCUT2D eigenvalue weighted by molar-refractivity contribution is 0.252. The highest BCUT2D eigenvalue weighted by molar-refractivity contribution is 5.19. The van der Waals surface area contributed by atoms with Gasteiger partial charge in [0.2, 0.25) is 0 Å². The number of pyridine rings is 1. The first-order valence-corrected chi connectivity index (χ1v) is 6.14. The first kappa shape index (κ1) is 13.9. The number of nitrogens with zero attached hydrogens (tertiary/aromatic N) is 1. The molecule has 0 aliphatic heterocycles. The molecule has 96 valence electrons. The zero-order valence-electron chi connectivity index (χ0n) is 10.6. The fourth-order valence-electron chi connectivity index (χ4n) is 1.31. The van der Waals surface area contributed by atoms with E-state index in [1.54, 1.807) is 6.20 Å². The Hall–Kier alpha value is -1.13. The molecule has 1 aromatic heterocycles. The van der Waals surface area contributed by atoms with Gasteiger partial charge in [-0.05, 0) is 25.0 Å². The summed E-state index contributed by atoms with van der Waals surface area (Å²) in [6.07, 6.45) is 3.40. The van der Waals surface area contributed by atoms with E-state index in [4.69, 9.17) is 9.84 Å². The first-order chi connectivity index (χ1) is 8.22. The van der Waals surface area contributed by atoms with Gasteiger partial charge in [0, 0.05) is 19.2 Å². The maximum absolute atomic E-state index is 8.63. The molecular formula is C13H22N2O2. The van der Waals surface area contributed by atoms with Crippen LogP contribution < -0.4 is 10.1 Å². The first-order valence-electron chi connectivity index (χ1n) is 6.14.